The van der Waals surface area contributed by atoms with Gasteiger partial charge in [0.25, 0.3) is 0 Å². The molecular weight excluding hydrogens is 354 g/mol. The number of pyridine rings is 3. The van der Waals surface area contributed by atoms with E-state index >= 15 is 0 Å². The summed E-state index contributed by atoms with van der Waals surface area (Å²) in [6, 6.07) is 9.60. The highest BCUT2D eigenvalue weighted by atomic mass is 16.5. The summed E-state index contributed by atoms with van der Waals surface area (Å²) in [5.41, 5.74) is 6.13. The van der Waals surface area contributed by atoms with Gasteiger partial charge < -0.3 is 15.0 Å². The van der Waals surface area contributed by atoms with Crippen LogP contribution in [0, 0.1) is 6.92 Å². The zero-order chi connectivity index (χ0) is 19.7. The van der Waals surface area contributed by atoms with Gasteiger partial charge in [0.1, 0.15) is 11.6 Å². The Morgan fingerprint density at radius 1 is 1.11 bits per heavy atom. The number of ether oxygens (including phenoxy) is 1. The Morgan fingerprint density at radius 2 is 1.96 bits per heavy atom. The first-order valence-corrected chi connectivity index (χ1v) is 8.78. The van der Waals surface area contributed by atoms with Crippen molar-refractivity contribution in [2.45, 2.75) is 13.8 Å². The van der Waals surface area contributed by atoms with Gasteiger partial charge in [-0.15, -0.1) is 0 Å². The molecule has 4 aromatic heterocycles. The van der Waals surface area contributed by atoms with E-state index in [4.69, 9.17) is 4.74 Å². The number of amides is 1. The lowest BCUT2D eigenvalue weighted by atomic mass is 10.0. The number of nitrogens with one attached hydrogen (secondary N) is 2. The number of carbonyl (C=O) groups is 1. The van der Waals surface area contributed by atoms with Crippen molar-refractivity contribution in [1.82, 2.24) is 19.9 Å². The number of hydrogen-bond acceptors (Lipinski definition) is 5. The van der Waals surface area contributed by atoms with E-state index in [0.717, 1.165) is 39.1 Å². The Hall–Kier alpha value is -3.74. The van der Waals surface area contributed by atoms with Crippen molar-refractivity contribution in [2.24, 2.45) is 0 Å². The van der Waals surface area contributed by atoms with Crippen LogP contribution in [-0.4, -0.2) is 33.0 Å². The largest absolute Gasteiger partial charge is 0.495 e. The number of methoxy groups -OCH3 is 1. The summed E-state index contributed by atoms with van der Waals surface area (Å²) in [6.07, 6.45) is 5.18. The molecule has 0 fully saturated rings. The summed E-state index contributed by atoms with van der Waals surface area (Å²) in [6.45, 7) is 3.45. The lowest BCUT2D eigenvalue weighted by Gasteiger charge is -2.07. The Morgan fingerprint density at radius 3 is 2.68 bits per heavy atom. The second kappa shape index (κ2) is 7.11. The summed E-state index contributed by atoms with van der Waals surface area (Å²) in [5, 5.41) is 2.72. The molecule has 0 aliphatic carbocycles. The second-order valence-electron chi connectivity index (χ2n) is 6.48. The molecule has 28 heavy (non-hydrogen) atoms. The van der Waals surface area contributed by atoms with Gasteiger partial charge in [-0.2, -0.15) is 0 Å². The van der Waals surface area contributed by atoms with Crippen LogP contribution in [0.3, 0.4) is 0 Å². The first-order chi connectivity index (χ1) is 13.5. The molecule has 0 saturated heterocycles. The molecule has 4 aromatic rings. The molecule has 1 amide bonds. The van der Waals surface area contributed by atoms with Crippen LogP contribution < -0.4 is 10.1 Å². The monoisotopic (exact) mass is 373 g/mol. The fraction of sp³-hybridized carbons (Fsp3) is 0.143. The average Bonchev–Trinajstić information content (AvgIpc) is 3.07. The summed E-state index contributed by atoms with van der Waals surface area (Å²) in [4.78, 5) is 28.2. The van der Waals surface area contributed by atoms with Crippen LogP contribution in [-0.2, 0) is 4.79 Å². The number of H-pyrrole nitrogens is 1. The van der Waals surface area contributed by atoms with E-state index in [1.165, 1.54) is 6.92 Å². The van der Waals surface area contributed by atoms with Gasteiger partial charge in [-0.25, -0.2) is 4.98 Å². The second-order valence-corrected chi connectivity index (χ2v) is 6.48. The number of carbonyl (C=O) groups excluding carboxylic acids is 1. The van der Waals surface area contributed by atoms with E-state index in [1.54, 1.807) is 19.5 Å². The number of aryl methyl sites for hydroxylation is 1. The van der Waals surface area contributed by atoms with E-state index in [2.05, 4.69) is 25.3 Å². The van der Waals surface area contributed by atoms with Crippen LogP contribution in [0.15, 0.2) is 48.9 Å². The van der Waals surface area contributed by atoms with E-state index in [0.29, 0.717) is 11.6 Å². The van der Waals surface area contributed by atoms with Gasteiger partial charge in [-0.05, 0) is 30.7 Å². The maximum atomic E-state index is 11.4. The van der Waals surface area contributed by atoms with E-state index in [1.807, 2.05) is 43.5 Å². The first-order valence-electron chi connectivity index (χ1n) is 8.78. The Bertz CT molecular complexity index is 1170. The predicted molar refractivity (Wildman–Crippen MR) is 108 cm³/mol. The Balaban J connectivity index is 1.95. The van der Waals surface area contributed by atoms with Crippen molar-refractivity contribution in [3.05, 3.63) is 54.5 Å². The smallest absolute Gasteiger partial charge is 0.222 e. The molecule has 0 spiro atoms. The highest BCUT2D eigenvalue weighted by molar-refractivity contribution is 6.01. The fourth-order valence-corrected chi connectivity index (χ4v) is 3.08. The normalized spacial score (nSPS) is 10.8. The zero-order valence-corrected chi connectivity index (χ0v) is 15.8. The third-order valence-corrected chi connectivity index (χ3v) is 4.36. The topological polar surface area (TPSA) is 92.8 Å². The maximum absolute atomic E-state index is 11.4. The van der Waals surface area contributed by atoms with Crippen molar-refractivity contribution >= 4 is 22.8 Å². The first kappa shape index (κ1) is 17.7. The maximum Gasteiger partial charge on any atom is 0.222 e. The van der Waals surface area contributed by atoms with Gasteiger partial charge in [0.05, 0.1) is 41.3 Å². The minimum Gasteiger partial charge on any atom is -0.495 e. The van der Waals surface area contributed by atoms with Crippen LogP contribution >= 0.6 is 0 Å². The molecule has 0 unspecified atom stereocenters. The molecule has 4 rings (SSSR count). The highest BCUT2D eigenvalue weighted by Crippen LogP contribution is 2.37. The van der Waals surface area contributed by atoms with Crippen LogP contribution in [0.2, 0.25) is 0 Å². The third-order valence-electron chi connectivity index (χ3n) is 4.36. The quantitative estimate of drug-likeness (QED) is 0.565. The minimum atomic E-state index is -0.173. The van der Waals surface area contributed by atoms with Gasteiger partial charge in [0.2, 0.25) is 5.91 Å². The van der Waals surface area contributed by atoms with Gasteiger partial charge in [0.15, 0.2) is 0 Å². The van der Waals surface area contributed by atoms with Crippen molar-refractivity contribution in [3.63, 3.8) is 0 Å². The standard InChI is InChI=1S/C21H19N5O2/c1-12-4-5-16(23-10-12)19-20(14-6-7-22-18(8-14)25-13(2)27)26-17-9-15(28-3)11-24-21(17)19/h4-11,26H,1-3H3,(H,22,25,27). The van der Waals surface area contributed by atoms with Gasteiger partial charge >= 0.3 is 0 Å². The highest BCUT2D eigenvalue weighted by Gasteiger charge is 2.18. The van der Waals surface area contributed by atoms with E-state index < -0.39 is 0 Å². The molecular formula is C21H19N5O2. The van der Waals surface area contributed by atoms with Crippen LogP contribution in [0.25, 0.3) is 33.5 Å². The van der Waals surface area contributed by atoms with Crippen LogP contribution in [0.5, 0.6) is 5.75 Å². The summed E-state index contributed by atoms with van der Waals surface area (Å²) in [5.74, 6) is 0.975. The number of aromatic amines is 1. The van der Waals surface area contributed by atoms with E-state index in [9.17, 15) is 4.79 Å². The molecule has 0 aliphatic rings. The molecule has 140 valence electrons. The van der Waals surface area contributed by atoms with Crippen molar-refractivity contribution in [2.75, 3.05) is 12.4 Å². The van der Waals surface area contributed by atoms with Gasteiger partial charge in [-0.1, -0.05) is 6.07 Å². The average molecular weight is 373 g/mol. The number of rotatable bonds is 4. The fourth-order valence-electron chi connectivity index (χ4n) is 3.08. The number of fused-ring (bicyclic) bond motifs is 1. The molecule has 7 heteroatoms. The number of aromatic nitrogens is 4. The molecule has 0 bridgehead atoms. The summed E-state index contributed by atoms with van der Waals surface area (Å²) >= 11 is 0. The molecule has 4 heterocycles. The zero-order valence-electron chi connectivity index (χ0n) is 15.8. The molecule has 0 saturated carbocycles. The number of hydrogen-bond donors (Lipinski definition) is 2. The molecule has 7 nitrogen and oxygen atoms in total. The third kappa shape index (κ3) is 3.29. The molecule has 0 aromatic carbocycles. The van der Waals surface area contributed by atoms with Crippen molar-refractivity contribution < 1.29 is 9.53 Å². The predicted octanol–water partition coefficient (Wildman–Crippen LogP) is 3.96. The van der Waals surface area contributed by atoms with Crippen molar-refractivity contribution in [3.8, 4) is 28.3 Å². The van der Waals surface area contributed by atoms with Gasteiger partial charge in [-0.3, -0.25) is 14.8 Å². The SMILES string of the molecule is COc1cnc2c(-c3ccc(C)cn3)c(-c3ccnc(NC(C)=O)c3)[nH]c2c1. The lowest BCUT2D eigenvalue weighted by molar-refractivity contribution is -0.114. The van der Waals surface area contributed by atoms with E-state index in [-0.39, 0.29) is 5.91 Å². The number of anilines is 1. The number of nitrogens with zero attached hydrogens (tertiary/aromatic N) is 3. The lowest BCUT2D eigenvalue weighted by Crippen LogP contribution is -2.07. The van der Waals surface area contributed by atoms with Crippen LogP contribution in [0.1, 0.15) is 12.5 Å². The Kier molecular flexibility index (Phi) is 4.49. The minimum absolute atomic E-state index is 0.173. The molecule has 0 atom stereocenters. The van der Waals surface area contributed by atoms with Crippen LogP contribution in [0.4, 0.5) is 5.82 Å². The summed E-state index contributed by atoms with van der Waals surface area (Å²) < 4.78 is 5.31. The molecule has 0 radical (unpaired) electrons. The van der Waals surface area contributed by atoms with Crippen molar-refractivity contribution in [1.29, 1.82) is 0 Å². The Labute approximate surface area is 161 Å². The molecule has 0 aliphatic heterocycles. The van der Waals surface area contributed by atoms with Gasteiger partial charge in [0, 0.05) is 30.9 Å². The molecule has 2 N–H and O–H groups in total. The summed E-state index contributed by atoms with van der Waals surface area (Å²) in [7, 11) is 1.61.